The molecule has 124 valence electrons. The summed E-state index contributed by atoms with van der Waals surface area (Å²) in [4.78, 5) is 8.74. The third-order valence-corrected chi connectivity index (χ3v) is 3.93. The number of anilines is 2. The highest BCUT2D eigenvalue weighted by atomic mass is 16.3. The van der Waals surface area contributed by atoms with Gasteiger partial charge < -0.3 is 10.4 Å². The maximum atomic E-state index is 10.7. The second-order valence-corrected chi connectivity index (χ2v) is 5.89. The van der Waals surface area contributed by atoms with E-state index < -0.39 is 6.10 Å². The second kappa shape index (κ2) is 7.12. The molecule has 1 heterocycles. The molecule has 0 radical (unpaired) electrons. The first-order valence-electron chi connectivity index (χ1n) is 7.92. The predicted molar refractivity (Wildman–Crippen MR) is 96.4 cm³/mol. The molecule has 0 aliphatic carbocycles. The zero-order valence-electron chi connectivity index (χ0n) is 14.1. The van der Waals surface area contributed by atoms with Crippen LogP contribution in [-0.2, 0) is 0 Å². The number of rotatable bonds is 4. The Bertz CT molecular complexity index is 912. The van der Waals surface area contributed by atoms with Crippen molar-refractivity contribution in [2.24, 2.45) is 0 Å². The van der Waals surface area contributed by atoms with Crippen LogP contribution in [0.2, 0.25) is 0 Å². The van der Waals surface area contributed by atoms with Gasteiger partial charge in [-0.25, -0.2) is 9.97 Å². The van der Waals surface area contributed by atoms with Gasteiger partial charge in [0.2, 0.25) is 5.95 Å². The Labute approximate surface area is 146 Å². The number of aryl methyl sites for hydroxylation is 2. The van der Waals surface area contributed by atoms with Crippen molar-refractivity contribution >= 4 is 11.6 Å². The van der Waals surface area contributed by atoms with Gasteiger partial charge in [0.1, 0.15) is 6.10 Å². The summed E-state index contributed by atoms with van der Waals surface area (Å²) in [5, 5.41) is 22.6. The molecule has 0 saturated heterocycles. The van der Waals surface area contributed by atoms with E-state index in [0.29, 0.717) is 17.2 Å². The van der Waals surface area contributed by atoms with Crippen molar-refractivity contribution in [1.82, 2.24) is 9.97 Å². The first-order valence-corrected chi connectivity index (χ1v) is 7.92. The SMILES string of the molecule is Cc1ccc(C(O)c2nc(Nc3ccc(C#N)cc3)ncc2C)cc1. The number of nitrogens with one attached hydrogen (secondary N) is 1. The van der Waals surface area contributed by atoms with Crippen molar-refractivity contribution in [2.45, 2.75) is 20.0 Å². The number of benzene rings is 2. The average molecular weight is 330 g/mol. The molecular weight excluding hydrogens is 312 g/mol. The van der Waals surface area contributed by atoms with E-state index in [2.05, 4.69) is 21.4 Å². The zero-order chi connectivity index (χ0) is 17.8. The third-order valence-electron chi connectivity index (χ3n) is 3.93. The van der Waals surface area contributed by atoms with E-state index >= 15 is 0 Å². The van der Waals surface area contributed by atoms with Crippen LogP contribution >= 0.6 is 0 Å². The number of hydrogen-bond donors (Lipinski definition) is 2. The van der Waals surface area contributed by atoms with Crippen LogP contribution in [0.15, 0.2) is 54.7 Å². The summed E-state index contributed by atoms with van der Waals surface area (Å²) in [6, 6.07) is 16.8. The molecule has 0 aliphatic rings. The molecule has 0 saturated carbocycles. The largest absolute Gasteiger partial charge is 0.382 e. The monoisotopic (exact) mass is 330 g/mol. The zero-order valence-corrected chi connectivity index (χ0v) is 14.1. The van der Waals surface area contributed by atoms with Crippen LogP contribution in [0.5, 0.6) is 0 Å². The Morgan fingerprint density at radius 1 is 1.04 bits per heavy atom. The molecule has 0 aliphatic heterocycles. The second-order valence-electron chi connectivity index (χ2n) is 5.89. The topological polar surface area (TPSA) is 81.8 Å². The summed E-state index contributed by atoms with van der Waals surface area (Å²) in [7, 11) is 0. The Morgan fingerprint density at radius 3 is 2.36 bits per heavy atom. The molecule has 3 rings (SSSR count). The molecule has 3 aromatic rings. The van der Waals surface area contributed by atoms with E-state index in [1.54, 1.807) is 30.5 Å². The van der Waals surface area contributed by atoms with Crippen LogP contribution in [0.4, 0.5) is 11.6 Å². The van der Waals surface area contributed by atoms with Crippen molar-refractivity contribution in [2.75, 3.05) is 5.32 Å². The maximum Gasteiger partial charge on any atom is 0.227 e. The fourth-order valence-electron chi connectivity index (χ4n) is 2.46. The highest BCUT2D eigenvalue weighted by Crippen LogP contribution is 2.24. The van der Waals surface area contributed by atoms with Gasteiger partial charge >= 0.3 is 0 Å². The molecule has 5 heteroatoms. The molecule has 2 N–H and O–H groups in total. The summed E-state index contributed by atoms with van der Waals surface area (Å²) in [5.41, 5.74) is 4.67. The van der Waals surface area contributed by atoms with Crippen LogP contribution in [0.25, 0.3) is 0 Å². The van der Waals surface area contributed by atoms with E-state index in [0.717, 1.165) is 22.4 Å². The summed E-state index contributed by atoms with van der Waals surface area (Å²) in [6.45, 7) is 3.88. The Hall–Kier alpha value is -3.23. The summed E-state index contributed by atoms with van der Waals surface area (Å²) in [6.07, 6.45) is 0.872. The first kappa shape index (κ1) is 16.6. The molecular formula is C20H18N4O. The minimum Gasteiger partial charge on any atom is -0.382 e. The smallest absolute Gasteiger partial charge is 0.227 e. The standard InChI is InChI=1S/C20H18N4O/c1-13-3-7-16(8-4-13)19(25)18-14(2)12-22-20(24-18)23-17-9-5-15(11-21)6-10-17/h3-10,12,19,25H,1-2H3,(H,22,23,24). The lowest BCUT2D eigenvalue weighted by Gasteiger charge is -2.15. The number of nitriles is 1. The highest BCUT2D eigenvalue weighted by Gasteiger charge is 2.16. The van der Waals surface area contributed by atoms with Gasteiger partial charge in [-0.15, -0.1) is 0 Å². The molecule has 0 spiro atoms. The van der Waals surface area contributed by atoms with E-state index in [9.17, 15) is 5.11 Å². The number of aliphatic hydroxyl groups is 1. The molecule has 1 aromatic heterocycles. The summed E-state index contributed by atoms with van der Waals surface area (Å²) >= 11 is 0. The van der Waals surface area contributed by atoms with Crippen molar-refractivity contribution in [3.8, 4) is 6.07 Å². The van der Waals surface area contributed by atoms with E-state index in [1.807, 2.05) is 38.1 Å². The lowest BCUT2D eigenvalue weighted by atomic mass is 10.0. The quantitative estimate of drug-likeness (QED) is 0.760. The van der Waals surface area contributed by atoms with Crippen LogP contribution in [0.1, 0.15) is 34.1 Å². The van der Waals surface area contributed by atoms with Crippen molar-refractivity contribution < 1.29 is 5.11 Å². The van der Waals surface area contributed by atoms with E-state index in [-0.39, 0.29) is 0 Å². The lowest BCUT2D eigenvalue weighted by molar-refractivity contribution is 0.214. The fraction of sp³-hybridized carbons (Fsp3) is 0.150. The van der Waals surface area contributed by atoms with Crippen molar-refractivity contribution in [3.63, 3.8) is 0 Å². The molecule has 0 bridgehead atoms. The van der Waals surface area contributed by atoms with Gasteiger partial charge in [-0.05, 0) is 49.2 Å². The highest BCUT2D eigenvalue weighted by molar-refractivity contribution is 5.55. The third kappa shape index (κ3) is 3.82. The molecule has 25 heavy (non-hydrogen) atoms. The number of aliphatic hydroxyl groups excluding tert-OH is 1. The number of hydrogen-bond acceptors (Lipinski definition) is 5. The summed E-state index contributed by atoms with van der Waals surface area (Å²) < 4.78 is 0. The normalized spacial score (nSPS) is 11.6. The van der Waals surface area contributed by atoms with E-state index in [4.69, 9.17) is 5.26 Å². The van der Waals surface area contributed by atoms with Gasteiger partial charge in [-0.1, -0.05) is 29.8 Å². The number of nitrogens with zero attached hydrogens (tertiary/aromatic N) is 3. The minimum atomic E-state index is -0.815. The van der Waals surface area contributed by atoms with Crippen LogP contribution < -0.4 is 5.32 Å². The Morgan fingerprint density at radius 2 is 1.72 bits per heavy atom. The number of aromatic nitrogens is 2. The van der Waals surface area contributed by atoms with Gasteiger partial charge in [0.25, 0.3) is 0 Å². The molecule has 1 atom stereocenters. The van der Waals surface area contributed by atoms with Gasteiger partial charge in [0, 0.05) is 11.9 Å². The average Bonchev–Trinajstić information content (AvgIpc) is 2.64. The molecule has 0 fully saturated rings. The minimum absolute atomic E-state index is 0.400. The Kier molecular flexibility index (Phi) is 4.73. The summed E-state index contributed by atoms with van der Waals surface area (Å²) in [5.74, 6) is 0.400. The van der Waals surface area contributed by atoms with Gasteiger partial charge in [-0.3, -0.25) is 0 Å². The van der Waals surface area contributed by atoms with Gasteiger partial charge in [0.05, 0.1) is 17.3 Å². The molecule has 1 unspecified atom stereocenters. The van der Waals surface area contributed by atoms with Crippen molar-refractivity contribution in [3.05, 3.63) is 82.7 Å². The van der Waals surface area contributed by atoms with E-state index in [1.165, 1.54) is 0 Å². The molecule has 5 nitrogen and oxygen atoms in total. The van der Waals surface area contributed by atoms with Gasteiger partial charge in [-0.2, -0.15) is 5.26 Å². The lowest BCUT2D eigenvalue weighted by Crippen LogP contribution is -2.08. The molecule has 2 aromatic carbocycles. The van der Waals surface area contributed by atoms with Crippen LogP contribution in [0, 0.1) is 25.2 Å². The predicted octanol–water partition coefficient (Wildman–Crippen LogP) is 3.79. The fourth-order valence-corrected chi connectivity index (χ4v) is 2.46. The maximum absolute atomic E-state index is 10.7. The first-order chi connectivity index (χ1) is 12.1. The van der Waals surface area contributed by atoms with Crippen LogP contribution in [0.3, 0.4) is 0 Å². The van der Waals surface area contributed by atoms with Gasteiger partial charge in [0.15, 0.2) is 0 Å². The van der Waals surface area contributed by atoms with Crippen molar-refractivity contribution in [1.29, 1.82) is 5.26 Å². The van der Waals surface area contributed by atoms with Crippen LogP contribution in [-0.4, -0.2) is 15.1 Å². The Balaban J connectivity index is 1.86. The molecule has 0 amide bonds.